The van der Waals surface area contributed by atoms with E-state index in [-0.39, 0.29) is 17.8 Å². The number of nitrogens with zero attached hydrogens (tertiary/aromatic N) is 1. The van der Waals surface area contributed by atoms with Gasteiger partial charge in [0.2, 0.25) is 0 Å². The van der Waals surface area contributed by atoms with Crippen LogP contribution in [0.4, 0.5) is 0 Å². The van der Waals surface area contributed by atoms with Crippen LogP contribution in [0.1, 0.15) is 33.6 Å². The highest BCUT2D eigenvalue weighted by molar-refractivity contribution is 6.30. The van der Waals surface area contributed by atoms with E-state index in [0.29, 0.717) is 30.5 Å². The number of esters is 1. The fourth-order valence-corrected chi connectivity index (χ4v) is 2.96. The largest absolute Gasteiger partial charge is 0.478 e. The molecule has 1 heterocycles. The summed E-state index contributed by atoms with van der Waals surface area (Å²) >= 11 is 5.86. The fourth-order valence-electron chi connectivity index (χ4n) is 2.84. The minimum absolute atomic E-state index is 0.133. The lowest BCUT2D eigenvalue weighted by atomic mass is 9.96. The minimum atomic E-state index is -1.02. The number of benzene rings is 1. The quantitative estimate of drug-likeness (QED) is 0.762. The zero-order valence-electron chi connectivity index (χ0n) is 14.4. The Labute approximate surface area is 147 Å². The first kappa shape index (κ1) is 18.6. The SMILES string of the molecule is CCOC(=O)[C@H]1CCCN(C(=O)C(C)(C)Oc2ccc(Cl)cc2)C1. The van der Waals surface area contributed by atoms with Gasteiger partial charge in [0.25, 0.3) is 5.91 Å². The lowest BCUT2D eigenvalue weighted by Gasteiger charge is -2.36. The molecule has 1 atom stereocenters. The molecule has 0 aromatic heterocycles. The number of amides is 1. The predicted octanol–water partition coefficient (Wildman–Crippen LogP) is 3.30. The molecule has 6 heteroatoms. The van der Waals surface area contributed by atoms with Crippen molar-refractivity contribution in [2.45, 2.75) is 39.2 Å². The van der Waals surface area contributed by atoms with Crippen LogP contribution in [0.2, 0.25) is 5.02 Å². The van der Waals surface area contributed by atoms with E-state index in [0.717, 1.165) is 12.8 Å². The summed E-state index contributed by atoms with van der Waals surface area (Å²) in [7, 11) is 0. The summed E-state index contributed by atoms with van der Waals surface area (Å²) < 4.78 is 10.9. The summed E-state index contributed by atoms with van der Waals surface area (Å²) in [5, 5.41) is 0.611. The van der Waals surface area contributed by atoms with E-state index in [9.17, 15) is 9.59 Å². The summed E-state index contributed by atoms with van der Waals surface area (Å²) in [6.45, 7) is 6.62. The van der Waals surface area contributed by atoms with Gasteiger partial charge in [-0.2, -0.15) is 0 Å². The molecule has 0 N–H and O–H groups in total. The molecule has 0 aliphatic carbocycles. The number of likely N-dealkylation sites (tertiary alicyclic amines) is 1. The Hall–Kier alpha value is -1.75. The average molecular weight is 354 g/mol. The molecule has 132 valence electrons. The van der Waals surface area contributed by atoms with E-state index in [2.05, 4.69) is 0 Å². The monoisotopic (exact) mass is 353 g/mol. The van der Waals surface area contributed by atoms with Crippen LogP contribution >= 0.6 is 11.6 Å². The van der Waals surface area contributed by atoms with Gasteiger partial charge in [-0.15, -0.1) is 0 Å². The lowest BCUT2D eigenvalue weighted by molar-refractivity contribution is -0.154. The smallest absolute Gasteiger partial charge is 0.310 e. The lowest BCUT2D eigenvalue weighted by Crippen LogP contribution is -2.52. The molecule has 2 rings (SSSR count). The van der Waals surface area contributed by atoms with E-state index in [1.165, 1.54) is 0 Å². The molecule has 1 aromatic rings. The molecular formula is C18H24ClNO4. The molecule has 0 spiro atoms. The molecule has 1 fully saturated rings. The first-order valence-corrected chi connectivity index (χ1v) is 8.62. The predicted molar refractivity (Wildman–Crippen MR) is 92.1 cm³/mol. The molecule has 0 unspecified atom stereocenters. The number of halogens is 1. The van der Waals surface area contributed by atoms with Gasteiger partial charge in [-0.05, 0) is 57.9 Å². The Morgan fingerprint density at radius 3 is 2.58 bits per heavy atom. The third kappa shape index (κ3) is 4.63. The maximum Gasteiger partial charge on any atom is 0.310 e. The molecule has 1 amide bonds. The van der Waals surface area contributed by atoms with E-state index in [4.69, 9.17) is 21.1 Å². The van der Waals surface area contributed by atoms with Crippen LogP contribution in [-0.2, 0) is 14.3 Å². The van der Waals surface area contributed by atoms with Crippen LogP contribution in [0.5, 0.6) is 5.75 Å². The van der Waals surface area contributed by atoms with E-state index in [1.54, 1.807) is 49.9 Å². The van der Waals surface area contributed by atoms with Crippen molar-refractivity contribution in [1.82, 2.24) is 4.90 Å². The first-order valence-electron chi connectivity index (χ1n) is 8.24. The molecule has 5 nitrogen and oxygen atoms in total. The highest BCUT2D eigenvalue weighted by Crippen LogP contribution is 2.25. The van der Waals surface area contributed by atoms with Crippen molar-refractivity contribution in [2.75, 3.05) is 19.7 Å². The van der Waals surface area contributed by atoms with E-state index < -0.39 is 5.60 Å². The summed E-state index contributed by atoms with van der Waals surface area (Å²) in [5.41, 5.74) is -1.02. The topological polar surface area (TPSA) is 55.8 Å². The molecule has 0 radical (unpaired) electrons. The molecule has 0 bridgehead atoms. The summed E-state index contributed by atoms with van der Waals surface area (Å²) in [5.74, 6) is -0.0384. The molecule has 1 aromatic carbocycles. The minimum Gasteiger partial charge on any atom is -0.478 e. The van der Waals surface area contributed by atoms with Crippen LogP contribution in [0.15, 0.2) is 24.3 Å². The highest BCUT2D eigenvalue weighted by Gasteiger charge is 2.38. The Kier molecular flexibility index (Phi) is 6.10. The zero-order chi connectivity index (χ0) is 17.7. The van der Waals surface area contributed by atoms with Crippen molar-refractivity contribution in [1.29, 1.82) is 0 Å². The van der Waals surface area contributed by atoms with Crippen molar-refractivity contribution in [3.05, 3.63) is 29.3 Å². The maximum absolute atomic E-state index is 12.8. The second kappa shape index (κ2) is 7.88. The number of piperidine rings is 1. The third-order valence-electron chi connectivity index (χ3n) is 4.03. The Morgan fingerprint density at radius 2 is 1.96 bits per heavy atom. The van der Waals surface area contributed by atoms with Crippen molar-refractivity contribution in [3.8, 4) is 5.75 Å². The van der Waals surface area contributed by atoms with Gasteiger partial charge in [-0.25, -0.2) is 0 Å². The molecular weight excluding hydrogens is 330 g/mol. The zero-order valence-corrected chi connectivity index (χ0v) is 15.1. The molecule has 1 saturated heterocycles. The van der Waals surface area contributed by atoms with Crippen molar-refractivity contribution in [2.24, 2.45) is 5.92 Å². The van der Waals surface area contributed by atoms with Gasteiger partial charge in [0.05, 0.1) is 12.5 Å². The standard InChI is InChI=1S/C18H24ClNO4/c1-4-23-16(21)13-6-5-11-20(12-13)17(22)18(2,3)24-15-9-7-14(19)8-10-15/h7-10,13H,4-6,11-12H2,1-3H3/t13-/m0/s1. The van der Waals surface area contributed by atoms with Gasteiger partial charge in [0.15, 0.2) is 5.60 Å². The molecule has 0 saturated carbocycles. The molecule has 1 aliphatic rings. The maximum atomic E-state index is 12.8. The fraction of sp³-hybridized carbons (Fsp3) is 0.556. The van der Waals surface area contributed by atoms with Gasteiger partial charge in [-0.3, -0.25) is 9.59 Å². The van der Waals surface area contributed by atoms with Crippen molar-refractivity contribution in [3.63, 3.8) is 0 Å². The van der Waals surface area contributed by atoms with Crippen molar-refractivity contribution < 1.29 is 19.1 Å². The van der Waals surface area contributed by atoms with E-state index >= 15 is 0 Å². The highest BCUT2D eigenvalue weighted by atomic mass is 35.5. The number of hydrogen-bond donors (Lipinski definition) is 0. The number of rotatable bonds is 5. The average Bonchev–Trinajstić information content (AvgIpc) is 2.56. The van der Waals surface area contributed by atoms with Gasteiger partial charge in [0.1, 0.15) is 5.75 Å². The van der Waals surface area contributed by atoms with Gasteiger partial charge >= 0.3 is 5.97 Å². The summed E-state index contributed by atoms with van der Waals surface area (Å²) in [4.78, 5) is 26.5. The van der Waals surface area contributed by atoms with Crippen LogP contribution in [-0.4, -0.2) is 42.1 Å². The molecule has 24 heavy (non-hydrogen) atoms. The molecule has 1 aliphatic heterocycles. The second-order valence-electron chi connectivity index (χ2n) is 6.41. The van der Waals surface area contributed by atoms with Gasteiger partial charge in [0, 0.05) is 18.1 Å². The van der Waals surface area contributed by atoms with Gasteiger partial charge in [-0.1, -0.05) is 11.6 Å². The number of carbonyl (C=O) groups excluding carboxylic acids is 2. The van der Waals surface area contributed by atoms with Crippen molar-refractivity contribution >= 4 is 23.5 Å². The number of ether oxygens (including phenoxy) is 2. The normalized spacial score (nSPS) is 18.2. The first-order chi connectivity index (χ1) is 11.3. The second-order valence-corrected chi connectivity index (χ2v) is 6.85. The van der Waals surface area contributed by atoms with E-state index in [1.807, 2.05) is 0 Å². The van der Waals surface area contributed by atoms with Crippen LogP contribution < -0.4 is 4.74 Å². The summed E-state index contributed by atoms with van der Waals surface area (Å²) in [6.07, 6.45) is 1.54. The Bertz CT molecular complexity index is 585. The third-order valence-corrected chi connectivity index (χ3v) is 4.28. The Balaban J connectivity index is 2.02. The number of carbonyl (C=O) groups is 2. The van der Waals surface area contributed by atoms with Crippen LogP contribution in [0.25, 0.3) is 0 Å². The van der Waals surface area contributed by atoms with Gasteiger partial charge < -0.3 is 14.4 Å². The summed E-state index contributed by atoms with van der Waals surface area (Å²) in [6, 6.07) is 6.90. The van der Waals surface area contributed by atoms with Crippen LogP contribution in [0, 0.1) is 5.92 Å². The van der Waals surface area contributed by atoms with Crippen LogP contribution in [0.3, 0.4) is 0 Å². The number of hydrogen-bond acceptors (Lipinski definition) is 4. The Morgan fingerprint density at radius 1 is 1.29 bits per heavy atom.